The SMILES string of the molecule is C=C(C)[C@@H]1C[C@@H](CCC(=O)OC(CCCOCC)COCC)C2CC[C@]3(C)[C@H](CC[C@@H]4[C@@]5(C)CC[C@H](OC(=O)CC(C)(C)CC(=O)O)C(C)(C)[C@@H]5CC[C@]43C)[C@H]21. The van der Waals surface area contributed by atoms with E-state index in [0.717, 1.165) is 44.9 Å². The van der Waals surface area contributed by atoms with Gasteiger partial charge in [-0.2, -0.15) is 0 Å². The van der Waals surface area contributed by atoms with Crippen molar-refractivity contribution in [1.82, 2.24) is 0 Å². The zero-order valence-corrected chi connectivity index (χ0v) is 37.1. The van der Waals surface area contributed by atoms with Crippen LogP contribution < -0.4 is 0 Å². The molecule has 8 nitrogen and oxygen atoms in total. The van der Waals surface area contributed by atoms with Gasteiger partial charge in [-0.3, -0.25) is 14.4 Å². The van der Waals surface area contributed by atoms with E-state index in [4.69, 9.17) is 18.9 Å². The van der Waals surface area contributed by atoms with Crippen LogP contribution in [0.3, 0.4) is 0 Å². The van der Waals surface area contributed by atoms with Gasteiger partial charge in [-0.1, -0.05) is 60.6 Å². The summed E-state index contributed by atoms with van der Waals surface area (Å²) < 4.78 is 23.5. The lowest BCUT2D eigenvalue weighted by Gasteiger charge is -2.72. The van der Waals surface area contributed by atoms with Gasteiger partial charge in [0.2, 0.25) is 0 Å². The number of hydrogen-bond acceptors (Lipinski definition) is 7. The number of esters is 2. The van der Waals surface area contributed by atoms with Crippen LogP contribution in [0.15, 0.2) is 12.2 Å². The van der Waals surface area contributed by atoms with E-state index in [1.54, 1.807) is 0 Å². The van der Waals surface area contributed by atoms with Crippen LogP contribution in [0, 0.1) is 68.5 Å². The first-order chi connectivity index (χ1) is 26.2. The molecular weight excluding hydrogens is 705 g/mol. The van der Waals surface area contributed by atoms with Crippen molar-refractivity contribution in [3.63, 3.8) is 0 Å². The first kappa shape index (κ1) is 45.2. The molecule has 0 bridgehead atoms. The molecule has 5 aliphatic rings. The summed E-state index contributed by atoms with van der Waals surface area (Å²) in [5.41, 5.74) is 1.16. The van der Waals surface area contributed by atoms with Crippen molar-refractivity contribution in [2.75, 3.05) is 26.4 Å². The average molecular weight is 785 g/mol. The molecule has 0 aliphatic heterocycles. The number of fused-ring (bicyclic) bond motifs is 7. The lowest BCUT2D eigenvalue weighted by molar-refractivity contribution is -0.245. The number of carbonyl (C=O) groups is 3. The Balaban J connectivity index is 1.27. The molecule has 5 fully saturated rings. The standard InChI is InChI=1S/C48H80O8/c1-12-53-26-14-15-33(30-54-13-2)55-41(51)19-16-32-27-35(31(3)4)43-34(32)20-24-47(10)36(43)17-18-38-46(9)23-22-39(45(7,8)37(46)21-25-48(38,47)11)56-42(52)29-44(5,6)28-40(49)50/h32-39,43H,3,12-30H2,1-2,4-11H3,(H,49,50)/t32-,33?,34?,35+,36-,37+,38-,39+,43-,46+,47-,48-/m1/s1. The van der Waals surface area contributed by atoms with Crippen molar-refractivity contribution >= 4 is 17.9 Å². The summed E-state index contributed by atoms with van der Waals surface area (Å²) >= 11 is 0. The number of hydrogen-bond donors (Lipinski definition) is 1. The summed E-state index contributed by atoms with van der Waals surface area (Å²) in [6.07, 6.45) is 13.1. The Morgan fingerprint density at radius 2 is 1.55 bits per heavy atom. The van der Waals surface area contributed by atoms with Gasteiger partial charge in [0, 0.05) is 31.7 Å². The van der Waals surface area contributed by atoms with Gasteiger partial charge in [0.25, 0.3) is 0 Å². The number of ether oxygens (including phenoxy) is 4. The largest absolute Gasteiger partial charge is 0.481 e. The molecule has 0 aromatic rings. The Kier molecular flexibility index (Phi) is 14.3. The van der Waals surface area contributed by atoms with E-state index in [1.165, 1.54) is 37.7 Å². The molecule has 56 heavy (non-hydrogen) atoms. The first-order valence-electron chi connectivity index (χ1n) is 22.7. The molecule has 0 heterocycles. The van der Waals surface area contributed by atoms with Gasteiger partial charge < -0.3 is 24.1 Å². The second-order valence-electron chi connectivity index (χ2n) is 21.3. The predicted molar refractivity (Wildman–Crippen MR) is 221 cm³/mol. The molecule has 5 rings (SSSR count). The molecule has 320 valence electrons. The van der Waals surface area contributed by atoms with Crippen molar-refractivity contribution in [2.45, 2.75) is 178 Å². The Hall–Kier alpha value is -1.93. The lowest BCUT2D eigenvalue weighted by Crippen LogP contribution is -2.66. The highest BCUT2D eigenvalue weighted by atomic mass is 16.6. The predicted octanol–water partition coefficient (Wildman–Crippen LogP) is 10.8. The molecule has 5 saturated carbocycles. The van der Waals surface area contributed by atoms with Crippen molar-refractivity contribution in [3.8, 4) is 0 Å². The smallest absolute Gasteiger partial charge is 0.306 e. The van der Waals surface area contributed by atoms with Gasteiger partial charge in [-0.25, -0.2) is 0 Å². The van der Waals surface area contributed by atoms with Gasteiger partial charge >= 0.3 is 17.9 Å². The monoisotopic (exact) mass is 785 g/mol. The van der Waals surface area contributed by atoms with Crippen LogP contribution in [0.1, 0.15) is 166 Å². The van der Waals surface area contributed by atoms with Crippen LogP contribution in [-0.4, -0.2) is 61.6 Å². The number of carbonyl (C=O) groups excluding carboxylic acids is 2. The minimum absolute atomic E-state index is 0.0489. The van der Waals surface area contributed by atoms with E-state index in [0.29, 0.717) is 74.3 Å². The van der Waals surface area contributed by atoms with Crippen LogP contribution >= 0.6 is 0 Å². The van der Waals surface area contributed by atoms with Gasteiger partial charge in [-0.15, -0.1) is 0 Å². The third-order valence-corrected chi connectivity index (χ3v) is 17.2. The minimum Gasteiger partial charge on any atom is -0.481 e. The zero-order valence-electron chi connectivity index (χ0n) is 37.1. The molecule has 8 heteroatoms. The summed E-state index contributed by atoms with van der Waals surface area (Å²) in [5.74, 6) is 2.77. The zero-order chi connectivity index (χ0) is 41.3. The van der Waals surface area contributed by atoms with E-state index in [2.05, 4.69) is 48.1 Å². The van der Waals surface area contributed by atoms with Crippen LogP contribution in [-0.2, 0) is 33.3 Å². The van der Waals surface area contributed by atoms with E-state index in [-0.39, 0.29) is 58.6 Å². The summed E-state index contributed by atoms with van der Waals surface area (Å²) in [5, 5.41) is 9.36. The molecule has 12 atom stereocenters. The van der Waals surface area contributed by atoms with Crippen LogP contribution in [0.5, 0.6) is 0 Å². The number of rotatable bonds is 18. The van der Waals surface area contributed by atoms with Crippen molar-refractivity contribution in [1.29, 1.82) is 0 Å². The maximum absolute atomic E-state index is 13.3. The van der Waals surface area contributed by atoms with E-state index >= 15 is 0 Å². The average Bonchev–Trinajstić information content (AvgIpc) is 3.47. The normalized spacial score (nSPS) is 38.0. The van der Waals surface area contributed by atoms with Crippen molar-refractivity contribution in [3.05, 3.63) is 12.2 Å². The van der Waals surface area contributed by atoms with Crippen LogP contribution in [0.4, 0.5) is 0 Å². The molecule has 1 N–H and O–H groups in total. The third-order valence-electron chi connectivity index (χ3n) is 17.2. The number of aliphatic carboxylic acids is 1. The molecule has 0 radical (unpaired) electrons. The van der Waals surface area contributed by atoms with E-state index < -0.39 is 11.4 Å². The van der Waals surface area contributed by atoms with Gasteiger partial charge in [0.15, 0.2) is 0 Å². The Morgan fingerprint density at radius 1 is 0.857 bits per heavy atom. The molecule has 0 saturated heterocycles. The molecule has 5 aliphatic carbocycles. The quantitative estimate of drug-likeness (QED) is 0.0831. The fourth-order valence-corrected chi connectivity index (χ4v) is 14.4. The van der Waals surface area contributed by atoms with Gasteiger partial charge in [0.05, 0.1) is 19.4 Å². The summed E-state index contributed by atoms with van der Waals surface area (Å²) in [7, 11) is 0. The molecule has 0 aromatic heterocycles. The summed E-state index contributed by atoms with van der Waals surface area (Å²) in [6, 6.07) is 0. The van der Waals surface area contributed by atoms with Crippen LogP contribution in [0.2, 0.25) is 0 Å². The van der Waals surface area contributed by atoms with E-state index in [1.807, 2.05) is 27.7 Å². The molecular formula is C48H80O8. The second-order valence-corrected chi connectivity index (χ2v) is 21.3. The number of allylic oxidation sites excluding steroid dienone is 1. The Bertz CT molecular complexity index is 1400. The maximum atomic E-state index is 13.3. The highest BCUT2D eigenvalue weighted by molar-refractivity contribution is 5.73. The third kappa shape index (κ3) is 8.97. The van der Waals surface area contributed by atoms with Crippen LogP contribution in [0.25, 0.3) is 0 Å². The number of carboxylic acids is 1. The van der Waals surface area contributed by atoms with Gasteiger partial charge in [0.1, 0.15) is 12.2 Å². The topological polar surface area (TPSA) is 108 Å². The molecule has 0 aromatic carbocycles. The fraction of sp³-hybridized carbons (Fsp3) is 0.896. The fourth-order valence-electron chi connectivity index (χ4n) is 14.4. The second kappa shape index (κ2) is 17.7. The highest BCUT2D eigenvalue weighted by Gasteiger charge is 2.70. The first-order valence-corrected chi connectivity index (χ1v) is 22.7. The summed E-state index contributed by atoms with van der Waals surface area (Å²) in [4.78, 5) is 38.0. The molecule has 0 spiro atoms. The Labute approximate surface area is 340 Å². The Morgan fingerprint density at radius 3 is 2.21 bits per heavy atom. The lowest BCUT2D eigenvalue weighted by atomic mass is 9.33. The summed E-state index contributed by atoms with van der Waals surface area (Å²) in [6.45, 7) is 29.5. The maximum Gasteiger partial charge on any atom is 0.306 e. The molecule has 2 unspecified atom stereocenters. The van der Waals surface area contributed by atoms with Gasteiger partial charge in [-0.05, 0) is 161 Å². The van der Waals surface area contributed by atoms with E-state index in [9.17, 15) is 19.5 Å². The van der Waals surface area contributed by atoms with Crippen molar-refractivity contribution < 1.29 is 38.4 Å². The highest BCUT2D eigenvalue weighted by Crippen LogP contribution is 2.76. The van der Waals surface area contributed by atoms with Crippen molar-refractivity contribution in [2.24, 2.45) is 68.5 Å². The molecule has 0 amide bonds. The minimum atomic E-state index is -0.883. The number of carboxylic acid groups (broad SMARTS) is 1.